The molecule has 0 unspecified atom stereocenters. The monoisotopic (exact) mass is 416 g/mol. The van der Waals surface area contributed by atoms with Crippen molar-refractivity contribution in [3.63, 3.8) is 0 Å². The van der Waals surface area contributed by atoms with E-state index in [2.05, 4.69) is 0 Å². The Balaban J connectivity index is 1.97. The Morgan fingerprint density at radius 1 is 0.677 bits per heavy atom. The van der Waals surface area contributed by atoms with Gasteiger partial charge in [0.05, 0.1) is 11.1 Å². The van der Waals surface area contributed by atoms with Gasteiger partial charge in [0.2, 0.25) is 0 Å². The van der Waals surface area contributed by atoms with Gasteiger partial charge in [0, 0.05) is 17.5 Å². The molecule has 4 aromatic rings. The van der Waals surface area contributed by atoms with Crippen LogP contribution in [0.2, 0.25) is 0 Å². The molecule has 31 heavy (non-hydrogen) atoms. The Kier molecular flexibility index (Phi) is 4.78. The fourth-order valence-corrected chi connectivity index (χ4v) is 4.05. The number of carboxylic acid groups (broad SMARTS) is 2. The van der Waals surface area contributed by atoms with Crippen LogP contribution in [0.4, 0.5) is 0 Å². The van der Waals surface area contributed by atoms with Crippen molar-refractivity contribution in [1.82, 2.24) is 0 Å². The van der Waals surface area contributed by atoms with Gasteiger partial charge in [-0.3, -0.25) is 0 Å². The number of aromatic hydroxyl groups is 2. The molecule has 0 heterocycles. The van der Waals surface area contributed by atoms with E-state index in [1.165, 1.54) is 12.1 Å². The van der Waals surface area contributed by atoms with Crippen molar-refractivity contribution in [1.29, 1.82) is 0 Å². The summed E-state index contributed by atoms with van der Waals surface area (Å²) in [6.45, 7) is 3.47. The van der Waals surface area contributed by atoms with Crippen LogP contribution in [0.5, 0.6) is 11.5 Å². The van der Waals surface area contributed by atoms with E-state index in [-0.39, 0.29) is 29.0 Å². The van der Waals surface area contributed by atoms with Gasteiger partial charge >= 0.3 is 11.9 Å². The fourth-order valence-electron chi connectivity index (χ4n) is 4.05. The molecule has 0 radical (unpaired) electrons. The van der Waals surface area contributed by atoms with Gasteiger partial charge in [-0.1, -0.05) is 12.1 Å². The van der Waals surface area contributed by atoms with E-state index < -0.39 is 11.9 Å². The predicted molar refractivity (Wildman–Crippen MR) is 117 cm³/mol. The van der Waals surface area contributed by atoms with Crippen molar-refractivity contribution in [3.05, 3.63) is 81.9 Å². The Morgan fingerprint density at radius 2 is 1.06 bits per heavy atom. The Labute approximate surface area is 177 Å². The minimum atomic E-state index is -1.04. The molecule has 0 saturated carbocycles. The van der Waals surface area contributed by atoms with Gasteiger partial charge in [0.15, 0.2) is 0 Å². The normalized spacial score (nSPS) is 11.2. The summed E-state index contributed by atoms with van der Waals surface area (Å²) in [4.78, 5) is 22.7. The molecule has 0 saturated heterocycles. The molecule has 4 N–H and O–H groups in total. The molecule has 0 spiro atoms. The molecule has 4 aromatic carbocycles. The summed E-state index contributed by atoms with van der Waals surface area (Å²) in [5, 5.41) is 42.9. The molecular formula is C25H20O6. The highest BCUT2D eigenvalue weighted by atomic mass is 16.4. The van der Waals surface area contributed by atoms with Gasteiger partial charge in [-0.2, -0.15) is 0 Å². The average molecular weight is 416 g/mol. The van der Waals surface area contributed by atoms with Crippen LogP contribution in [-0.4, -0.2) is 32.4 Å². The van der Waals surface area contributed by atoms with Crippen LogP contribution in [0.25, 0.3) is 21.5 Å². The zero-order chi connectivity index (χ0) is 22.4. The third-order valence-electron chi connectivity index (χ3n) is 5.66. The maximum absolute atomic E-state index is 11.4. The zero-order valence-corrected chi connectivity index (χ0v) is 16.9. The van der Waals surface area contributed by atoms with Crippen LogP contribution in [-0.2, 0) is 6.42 Å². The number of rotatable bonds is 4. The summed E-state index contributed by atoms with van der Waals surface area (Å²) in [6.07, 6.45) is 0.187. The minimum absolute atomic E-state index is 0.0757. The molecule has 156 valence electrons. The molecule has 0 fully saturated rings. The molecule has 0 aliphatic rings. The van der Waals surface area contributed by atoms with E-state index in [0.29, 0.717) is 43.8 Å². The van der Waals surface area contributed by atoms with E-state index >= 15 is 0 Å². The third-order valence-corrected chi connectivity index (χ3v) is 5.66. The number of phenolic OH excluding ortho intramolecular Hbond substituents is 2. The number of aromatic carboxylic acids is 2. The summed E-state index contributed by atoms with van der Waals surface area (Å²) in [6, 6.07) is 12.9. The standard InChI is InChI=1S/C25H20O6/c1-12-7-16-9-14(24(28)29)3-5-18(16)20(22(12)26)11-21-19-6-4-15(25(30)31)10-17(19)8-13(2)23(21)27/h3-10,26-27H,11H2,1-2H3,(H,28,29)(H,30,31). The molecule has 0 bridgehead atoms. The van der Waals surface area contributed by atoms with Crippen molar-refractivity contribution in [3.8, 4) is 11.5 Å². The second-order valence-electron chi connectivity index (χ2n) is 7.70. The molecule has 4 rings (SSSR count). The van der Waals surface area contributed by atoms with E-state index in [1.54, 1.807) is 50.2 Å². The number of phenols is 2. The second kappa shape index (κ2) is 7.32. The van der Waals surface area contributed by atoms with Gasteiger partial charge in [0.25, 0.3) is 0 Å². The highest BCUT2D eigenvalue weighted by Gasteiger charge is 2.18. The third kappa shape index (κ3) is 3.42. The summed E-state index contributed by atoms with van der Waals surface area (Å²) < 4.78 is 0. The molecule has 0 aliphatic carbocycles. The van der Waals surface area contributed by atoms with E-state index in [4.69, 9.17) is 0 Å². The van der Waals surface area contributed by atoms with Gasteiger partial charge in [-0.15, -0.1) is 0 Å². The van der Waals surface area contributed by atoms with E-state index in [0.717, 1.165) is 0 Å². The maximum Gasteiger partial charge on any atom is 0.335 e. The number of hydrogen-bond donors (Lipinski definition) is 4. The predicted octanol–water partition coefficient (Wildman–Crippen LogP) is 5.01. The molecule has 0 amide bonds. The lowest BCUT2D eigenvalue weighted by atomic mass is 9.90. The highest BCUT2D eigenvalue weighted by Crippen LogP contribution is 2.38. The lowest BCUT2D eigenvalue weighted by Crippen LogP contribution is -2.00. The van der Waals surface area contributed by atoms with Crippen LogP contribution in [0, 0.1) is 13.8 Å². The van der Waals surface area contributed by atoms with Crippen LogP contribution in [0.1, 0.15) is 43.0 Å². The first-order valence-corrected chi connectivity index (χ1v) is 9.64. The van der Waals surface area contributed by atoms with Crippen LogP contribution in [0.15, 0.2) is 48.5 Å². The minimum Gasteiger partial charge on any atom is -0.507 e. The number of carbonyl (C=O) groups is 2. The lowest BCUT2D eigenvalue weighted by Gasteiger charge is -2.16. The van der Waals surface area contributed by atoms with Crippen molar-refractivity contribution < 1.29 is 30.0 Å². The van der Waals surface area contributed by atoms with Crippen LogP contribution < -0.4 is 0 Å². The lowest BCUT2D eigenvalue weighted by molar-refractivity contribution is 0.0686. The number of carboxylic acids is 2. The molecule has 0 atom stereocenters. The van der Waals surface area contributed by atoms with Crippen molar-refractivity contribution >= 4 is 33.5 Å². The Morgan fingerprint density at radius 3 is 1.42 bits per heavy atom. The van der Waals surface area contributed by atoms with Gasteiger partial charge < -0.3 is 20.4 Å². The smallest absolute Gasteiger partial charge is 0.335 e. The second-order valence-corrected chi connectivity index (χ2v) is 7.70. The molecule has 6 nitrogen and oxygen atoms in total. The average Bonchev–Trinajstić information content (AvgIpc) is 2.73. The quantitative estimate of drug-likeness (QED) is 0.372. The first-order chi connectivity index (χ1) is 14.7. The number of aryl methyl sites for hydroxylation is 2. The summed E-state index contributed by atoms with van der Waals surface area (Å²) in [5.41, 5.74) is 2.61. The molecule has 0 aromatic heterocycles. The summed E-state index contributed by atoms with van der Waals surface area (Å²) >= 11 is 0. The van der Waals surface area contributed by atoms with Gasteiger partial charge in [-0.25, -0.2) is 9.59 Å². The number of hydrogen-bond acceptors (Lipinski definition) is 4. The SMILES string of the molecule is Cc1cc2cc(C(=O)O)ccc2c(Cc2c(O)c(C)cc3cc(C(=O)O)ccc23)c1O. The first kappa shape index (κ1) is 20.2. The zero-order valence-electron chi connectivity index (χ0n) is 16.9. The van der Waals surface area contributed by atoms with Crippen molar-refractivity contribution in [2.75, 3.05) is 0 Å². The van der Waals surface area contributed by atoms with Crippen LogP contribution in [0.3, 0.4) is 0 Å². The van der Waals surface area contributed by atoms with Crippen LogP contribution >= 0.6 is 0 Å². The summed E-state index contributed by atoms with van der Waals surface area (Å²) in [7, 11) is 0. The van der Waals surface area contributed by atoms with Crippen molar-refractivity contribution in [2.24, 2.45) is 0 Å². The Hall–Kier alpha value is -4.06. The first-order valence-electron chi connectivity index (χ1n) is 9.64. The number of fused-ring (bicyclic) bond motifs is 2. The van der Waals surface area contributed by atoms with Crippen molar-refractivity contribution in [2.45, 2.75) is 20.3 Å². The molecular weight excluding hydrogens is 396 g/mol. The van der Waals surface area contributed by atoms with E-state index in [1.807, 2.05) is 0 Å². The molecule has 0 aliphatic heterocycles. The molecule has 6 heteroatoms. The summed E-state index contributed by atoms with van der Waals surface area (Å²) in [5.74, 6) is -1.92. The topological polar surface area (TPSA) is 115 Å². The van der Waals surface area contributed by atoms with E-state index in [9.17, 15) is 30.0 Å². The largest absolute Gasteiger partial charge is 0.507 e. The number of benzene rings is 4. The highest BCUT2D eigenvalue weighted by molar-refractivity contribution is 5.99. The fraction of sp³-hybridized carbons (Fsp3) is 0.120. The van der Waals surface area contributed by atoms with Gasteiger partial charge in [0.1, 0.15) is 11.5 Å². The maximum atomic E-state index is 11.4. The van der Waals surface area contributed by atoms with Gasteiger partial charge in [-0.05, 0) is 82.9 Å². The Bertz CT molecular complexity index is 1290.